The Morgan fingerprint density at radius 2 is 2.15 bits per heavy atom. The fraction of sp³-hybridized carbons (Fsp3) is 0.200. The van der Waals surface area contributed by atoms with Crippen LogP contribution in [0.2, 0.25) is 0 Å². The van der Waals surface area contributed by atoms with Gasteiger partial charge in [-0.3, -0.25) is 0 Å². The van der Waals surface area contributed by atoms with Gasteiger partial charge in [0.25, 0.3) is 0 Å². The van der Waals surface area contributed by atoms with Gasteiger partial charge in [-0.15, -0.1) is 0 Å². The molecule has 3 rings (SSSR count). The number of methoxy groups -OCH3 is 1. The average molecular weight is 338 g/mol. The zero-order chi connectivity index (χ0) is 14.1. The Bertz CT molecular complexity index is 648. The second kappa shape index (κ2) is 5.32. The van der Waals surface area contributed by atoms with Gasteiger partial charge in [0.1, 0.15) is 23.9 Å². The third-order valence-corrected chi connectivity index (χ3v) is 3.74. The molecule has 104 valence electrons. The Balaban J connectivity index is 1.95. The molecule has 1 aliphatic rings. The normalized spacial score (nSPS) is 16.9. The summed E-state index contributed by atoms with van der Waals surface area (Å²) >= 11 is 3.45. The zero-order valence-electron chi connectivity index (χ0n) is 10.8. The lowest BCUT2D eigenvalue weighted by molar-refractivity contribution is 0.282. The molecule has 1 aliphatic heterocycles. The van der Waals surface area contributed by atoms with E-state index in [-0.39, 0.29) is 11.9 Å². The van der Waals surface area contributed by atoms with E-state index < -0.39 is 0 Å². The summed E-state index contributed by atoms with van der Waals surface area (Å²) in [6, 6.07) is 10.2. The van der Waals surface area contributed by atoms with Crippen molar-refractivity contribution < 1.29 is 13.9 Å². The Labute approximate surface area is 124 Å². The highest BCUT2D eigenvalue weighted by Gasteiger charge is 2.23. The number of ether oxygens (including phenoxy) is 2. The van der Waals surface area contributed by atoms with Gasteiger partial charge in [0.05, 0.1) is 18.8 Å². The van der Waals surface area contributed by atoms with Crippen LogP contribution in [-0.2, 0) is 0 Å². The second-order valence-corrected chi connectivity index (χ2v) is 5.45. The SMILES string of the molecule is COc1ccc(Br)cc1C1COc2ccc(F)cc2N1. The molecule has 1 atom stereocenters. The highest BCUT2D eigenvalue weighted by molar-refractivity contribution is 9.10. The van der Waals surface area contributed by atoms with Gasteiger partial charge in [-0.25, -0.2) is 4.39 Å². The predicted molar refractivity (Wildman–Crippen MR) is 79.0 cm³/mol. The smallest absolute Gasteiger partial charge is 0.142 e. The third-order valence-electron chi connectivity index (χ3n) is 3.24. The van der Waals surface area contributed by atoms with Crippen LogP contribution < -0.4 is 14.8 Å². The maximum atomic E-state index is 13.3. The van der Waals surface area contributed by atoms with Crippen molar-refractivity contribution in [2.24, 2.45) is 0 Å². The van der Waals surface area contributed by atoms with Crippen LogP contribution in [0.5, 0.6) is 11.5 Å². The Morgan fingerprint density at radius 3 is 2.95 bits per heavy atom. The van der Waals surface area contributed by atoms with Crippen molar-refractivity contribution in [3.8, 4) is 11.5 Å². The molecule has 0 saturated carbocycles. The van der Waals surface area contributed by atoms with Crippen LogP contribution in [0.1, 0.15) is 11.6 Å². The first kappa shape index (κ1) is 13.2. The van der Waals surface area contributed by atoms with E-state index in [1.54, 1.807) is 13.2 Å². The first-order chi connectivity index (χ1) is 9.67. The molecule has 0 bridgehead atoms. The molecule has 0 radical (unpaired) electrons. The Kier molecular flexibility index (Phi) is 3.53. The Hall–Kier alpha value is -1.75. The molecule has 0 aliphatic carbocycles. The van der Waals surface area contributed by atoms with Gasteiger partial charge >= 0.3 is 0 Å². The summed E-state index contributed by atoms with van der Waals surface area (Å²) in [6.07, 6.45) is 0. The summed E-state index contributed by atoms with van der Waals surface area (Å²) in [7, 11) is 1.63. The van der Waals surface area contributed by atoms with E-state index in [9.17, 15) is 4.39 Å². The maximum Gasteiger partial charge on any atom is 0.142 e. The van der Waals surface area contributed by atoms with E-state index in [1.807, 2.05) is 18.2 Å². The summed E-state index contributed by atoms with van der Waals surface area (Å²) in [4.78, 5) is 0. The standard InChI is InChI=1S/C15H13BrFNO2/c1-19-14-4-2-9(16)6-11(14)13-8-20-15-5-3-10(17)7-12(15)18-13/h2-7,13,18H,8H2,1H3. The largest absolute Gasteiger partial charge is 0.496 e. The summed E-state index contributed by atoms with van der Waals surface area (Å²) in [6.45, 7) is 0.464. The van der Waals surface area contributed by atoms with E-state index in [0.29, 0.717) is 18.0 Å². The van der Waals surface area contributed by atoms with E-state index >= 15 is 0 Å². The number of rotatable bonds is 2. The molecule has 3 nitrogen and oxygen atoms in total. The number of nitrogens with one attached hydrogen (secondary N) is 1. The first-order valence-corrected chi connectivity index (χ1v) is 6.99. The van der Waals surface area contributed by atoms with Crippen LogP contribution in [0.25, 0.3) is 0 Å². The molecule has 20 heavy (non-hydrogen) atoms. The molecule has 0 spiro atoms. The molecule has 0 aromatic heterocycles. The lowest BCUT2D eigenvalue weighted by atomic mass is 10.0. The number of hydrogen-bond acceptors (Lipinski definition) is 3. The maximum absolute atomic E-state index is 13.3. The number of benzene rings is 2. The van der Waals surface area contributed by atoms with Crippen molar-refractivity contribution in [1.29, 1.82) is 0 Å². The van der Waals surface area contributed by atoms with Gasteiger partial charge in [0.15, 0.2) is 0 Å². The van der Waals surface area contributed by atoms with Gasteiger partial charge in [0.2, 0.25) is 0 Å². The van der Waals surface area contributed by atoms with Gasteiger partial charge in [-0.2, -0.15) is 0 Å². The monoisotopic (exact) mass is 337 g/mol. The van der Waals surface area contributed by atoms with Crippen molar-refractivity contribution >= 4 is 21.6 Å². The summed E-state index contributed by atoms with van der Waals surface area (Å²) < 4.78 is 25.3. The lowest BCUT2D eigenvalue weighted by Crippen LogP contribution is -2.24. The number of fused-ring (bicyclic) bond motifs is 1. The molecule has 0 amide bonds. The van der Waals surface area contributed by atoms with Crippen LogP contribution >= 0.6 is 15.9 Å². The van der Waals surface area contributed by atoms with Gasteiger partial charge in [-0.05, 0) is 30.3 Å². The number of anilines is 1. The molecule has 1 heterocycles. The fourth-order valence-corrected chi connectivity index (χ4v) is 2.67. The second-order valence-electron chi connectivity index (χ2n) is 4.53. The van der Waals surface area contributed by atoms with E-state index in [4.69, 9.17) is 9.47 Å². The van der Waals surface area contributed by atoms with Crippen molar-refractivity contribution in [3.05, 3.63) is 52.3 Å². The minimum atomic E-state index is -0.290. The summed E-state index contributed by atoms with van der Waals surface area (Å²) in [5.74, 6) is 1.15. The Morgan fingerprint density at radius 1 is 1.30 bits per heavy atom. The summed E-state index contributed by atoms with van der Waals surface area (Å²) in [5, 5.41) is 3.29. The minimum Gasteiger partial charge on any atom is -0.496 e. The predicted octanol–water partition coefficient (Wildman–Crippen LogP) is 4.14. The molecule has 2 aromatic rings. The van der Waals surface area contributed by atoms with E-state index in [0.717, 1.165) is 15.8 Å². The fourth-order valence-electron chi connectivity index (χ4n) is 2.29. The van der Waals surface area contributed by atoms with E-state index in [2.05, 4.69) is 21.2 Å². The van der Waals surface area contributed by atoms with Crippen LogP contribution in [0.4, 0.5) is 10.1 Å². The van der Waals surface area contributed by atoms with Crippen molar-refractivity contribution in [2.45, 2.75) is 6.04 Å². The van der Waals surface area contributed by atoms with Gasteiger partial charge in [-0.1, -0.05) is 15.9 Å². The molecule has 5 heteroatoms. The van der Waals surface area contributed by atoms with Crippen molar-refractivity contribution in [3.63, 3.8) is 0 Å². The van der Waals surface area contributed by atoms with Gasteiger partial charge in [0, 0.05) is 16.1 Å². The molecule has 1 unspecified atom stereocenters. The highest BCUT2D eigenvalue weighted by atomic mass is 79.9. The number of halogens is 2. The molecule has 1 N–H and O–H groups in total. The van der Waals surface area contributed by atoms with Crippen LogP contribution in [0.15, 0.2) is 40.9 Å². The minimum absolute atomic E-state index is 0.0863. The third kappa shape index (κ3) is 2.45. The summed E-state index contributed by atoms with van der Waals surface area (Å²) in [5.41, 5.74) is 1.63. The molecular formula is C15H13BrFNO2. The van der Waals surface area contributed by atoms with Crippen molar-refractivity contribution in [1.82, 2.24) is 0 Å². The average Bonchev–Trinajstić information content (AvgIpc) is 2.46. The van der Waals surface area contributed by atoms with Crippen LogP contribution in [0, 0.1) is 5.82 Å². The highest BCUT2D eigenvalue weighted by Crippen LogP contribution is 2.37. The topological polar surface area (TPSA) is 30.5 Å². The molecular weight excluding hydrogens is 325 g/mol. The number of hydrogen-bond donors (Lipinski definition) is 1. The van der Waals surface area contributed by atoms with Crippen LogP contribution in [0.3, 0.4) is 0 Å². The molecule has 0 fully saturated rings. The first-order valence-electron chi connectivity index (χ1n) is 6.19. The van der Waals surface area contributed by atoms with Crippen LogP contribution in [-0.4, -0.2) is 13.7 Å². The van der Waals surface area contributed by atoms with E-state index in [1.165, 1.54) is 12.1 Å². The molecule has 2 aromatic carbocycles. The van der Waals surface area contributed by atoms with Gasteiger partial charge < -0.3 is 14.8 Å². The lowest BCUT2D eigenvalue weighted by Gasteiger charge is -2.28. The quantitative estimate of drug-likeness (QED) is 0.893. The van der Waals surface area contributed by atoms with Crippen molar-refractivity contribution in [2.75, 3.05) is 19.0 Å². The zero-order valence-corrected chi connectivity index (χ0v) is 12.4. The molecule has 0 saturated heterocycles.